The Kier molecular flexibility index (Phi) is 3.41. The van der Waals surface area contributed by atoms with Crippen LogP contribution in [0.4, 0.5) is 0 Å². The van der Waals surface area contributed by atoms with Gasteiger partial charge in [-0.15, -0.1) is 0 Å². The van der Waals surface area contributed by atoms with Gasteiger partial charge in [-0.25, -0.2) is 0 Å². The Morgan fingerprint density at radius 1 is 1.79 bits per heavy atom. The number of carbonyl (C=O) groups is 1. The fourth-order valence-corrected chi connectivity index (χ4v) is 1.05. The van der Waals surface area contributed by atoms with Crippen LogP contribution in [0.25, 0.3) is 0 Å². The summed E-state index contributed by atoms with van der Waals surface area (Å²) in [7, 11) is 1.53. The first-order valence-electron chi connectivity index (χ1n) is 4.11. The molecule has 0 aromatic carbocycles. The van der Waals surface area contributed by atoms with Gasteiger partial charge in [-0.1, -0.05) is 0 Å². The summed E-state index contributed by atoms with van der Waals surface area (Å²) in [5.41, 5.74) is 6.14. The summed E-state index contributed by atoms with van der Waals surface area (Å²) in [6.07, 6.45) is 1.40. The molecule has 3 N–H and O–H groups in total. The monoisotopic (exact) mass is 196 g/mol. The van der Waals surface area contributed by atoms with E-state index in [0.717, 1.165) is 0 Å². The predicted octanol–water partition coefficient (Wildman–Crippen LogP) is 0.565. The molecule has 1 unspecified atom stereocenters. The molecule has 0 aliphatic rings. The number of nitrogens with two attached hydrogens (primary N) is 1. The zero-order chi connectivity index (χ0) is 10.6. The fourth-order valence-electron chi connectivity index (χ4n) is 1.05. The molecule has 5 nitrogen and oxygen atoms in total. The van der Waals surface area contributed by atoms with E-state index in [1.54, 1.807) is 12.1 Å². The van der Waals surface area contributed by atoms with Crippen molar-refractivity contribution in [3.05, 3.63) is 24.0 Å². The van der Waals surface area contributed by atoms with Crippen molar-refractivity contribution in [2.45, 2.75) is 12.5 Å². The molecular formula is C9H12N2O3. The number of carboxylic acids is 1. The van der Waals surface area contributed by atoms with E-state index in [0.29, 0.717) is 11.4 Å². The molecule has 0 spiro atoms. The van der Waals surface area contributed by atoms with E-state index in [-0.39, 0.29) is 6.42 Å². The first-order chi connectivity index (χ1) is 6.63. The van der Waals surface area contributed by atoms with E-state index in [1.807, 2.05) is 0 Å². The molecule has 0 saturated heterocycles. The lowest BCUT2D eigenvalue weighted by Crippen LogP contribution is -2.16. The maximum atomic E-state index is 10.4. The molecule has 0 amide bonds. The number of ether oxygens (including phenoxy) is 1. The van der Waals surface area contributed by atoms with E-state index >= 15 is 0 Å². The van der Waals surface area contributed by atoms with Crippen molar-refractivity contribution in [3.63, 3.8) is 0 Å². The Hall–Kier alpha value is -1.62. The number of nitrogens with zero attached hydrogens (tertiary/aromatic N) is 1. The van der Waals surface area contributed by atoms with Gasteiger partial charge in [-0.05, 0) is 6.07 Å². The SMILES string of the molecule is COc1ccnc(C(N)CC(=O)O)c1. The third-order valence-electron chi connectivity index (χ3n) is 1.76. The number of pyridine rings is 1. The first kappa shape index (κ1) is 10.5. The summed E-state index contributed by atoms with van der Waals surface area (Å²) < 4.78 is 4.97. The van der Waals surface area contributed by atoms with Gasteiger partial charge in [-0.2, -0.15) is 0 Å². The molecule has 1 rings (SSSR count). The number of hydrogen-bond donors (Lipinski definition) is 2. The summed E-state index contributed by atoms with van der Waals surface area (Å²) in [4.78, 5) is 14.4. The molecule has 0 saturated carbocycles. The molecule has 0 aliphatic heterocycles. The van der Waals surface area contributed by atoms with E-state index < -0.39 is 12.0 Å². The van der Waals surface area contributed by atoms with Crippen molar-refractivity contribution >= 4 is 5.97 Å². The van der Waals surface area contributed by atoms with Crippen LogP contribution in [-0.2, 0) is 4.79 Å². The van der Waals surface area contributed by atoms with Gasteiger partial charge in [0.2, 0.25) is 0 Å². The van der Waals surface area contributed by atoms with Crippen molar-refractivity contribution in [3.8, 4) is 5.75 Å². The number of hydrogen-bond acceptors (Lipinski definition) is 4. The number of aliphatic carboxylic acids is 1. The zero-order valence-electron chi connectivity index (χ0n) is 7.80. The van der Waals surface area contributed by atoms with Gasteiger partial charge < -0.3 is 15.6 Å². The van der Waals surface area contributed by atoms with Gasteiger partial charge in [-0.3, -0.25) is 9.78 Å². The molecule has 0 bridgehead atoms. The summed E-state index contributed by atoms with van der Waals surface area (Å²) >= 11 is 0. The lowest BCUT2D eigenvalue weighted by Gasteiger charge is -2.08. The standard InChI is InChI=1S/C9H12N2O3/c1-14-6-2-3-11-8(4-6)7(10)5-9(12)13/h2-4,7H,5,10H2,1H3,(H,12,13). The largest absolute Gasteiger partial charge is 0.497 e. The zero-order valence-corrected chi connectivity index (χ0v) is 7.80. The van der Waals surface area contributed by atoms with Crippen LogP contribution in [0, 0.1) is 0 Å². The normalized spacial score (nSPS) is 12.1. The third-order valence-corrected chi connectivity index (χ3v) is 1.76. The minimum absolute atomic E-state index is 0.139. The van der Waals surface area contributed by atoms with E-state index in [4.69, 9.17) is 15.6 Å². The van der Waals surface area contributed by atoms with Crippen LogP contribution in [0.1, 0.15) is 18.2 Å². The first-order valence-corrected chi connectivity index (χ1v) is 4.11. The average Bonchev–Trinajstić information content (AvgIpc) is 2.17. The fraction of sp³-hybridized carbons (Fsp3) is 0.333. The highest BCUT2D eigenvalue weighted by Gasteiger charge is 2.12. The maximum absolute atomic E-state index is 10.4. The summed E-state index contributed by atoms with van der Waals surface area (Å²) in [6.45, 7) is 0. The molecule has 1 atom stereocenters. The van der Waals surface area contributed by atoms with E-state index in [2.05, 4.69) is 4.98 Å². The molecule has 5 heteroatoms. The highest BCUT2D eigenvalue weighted by Crippen LogP contribution is 2.16. The second-order valence-electron chi connectivity index (χ2n) is 2.82. The molecule has 0 aliphatic carbocycles. The minimum atomic E-state index is -0.942. The van der Waals surface area contributed by atoms with Gasteiger partial charge in [0.25, 0.3) is 0 Å². The molecule has 1 aromatic rings. The Bertz CT molecular complexity index is 328. The molecule has 14 heavy (non-hydrogen) atoms. The van der Waals surface area contributed by atoms with Crippen LogP contribution in [-0.4, -0.2) is 23.2 Å². The van der Waals surface area contributed by atoms with Gasteiger partial charge in [0, 0.05) is 12.3 Å². The highest BCUT2D eigenvalue weighted by molar-refractivity contribution is 5.67. The molecule has 76 valence electrons. The average molecular weight is 196 g/mol. The van der Waals surface area contributed by atoms with E-state index in [9.17, 15) is 4.79 Å². The topological polar surface area (TPSA) is 85.4 Å². The minimum Gasteiger partial charge on any atom is -0.497 e. The number of carboxylic acid groups (broad SMARTS) is 1. The second-order valence-corrected chi connectivity index (χ2v) is 2.82. The summed E-state index contributed by atoms with van der Waals surface area (Å²) in [5, 5.41) is 8.53. The second kappa shape index (κ2) is 4.57. The van der Waals surface area contributed by atoms with Crippen LogP contribution < -0.4 is 10.5 Å². The van der Waals surface area contributed by atoms with Crippen LogP contribution in [0.15, 0.2) is 18.3 Å². The Labute approximate surface area is 81.5 Å². The van der Waals surface area contributed by atoms with Crippen LogP contribution >= 0.6 is 0 Å². The Balaban J connectivity index is 2.78. The van der Waals surface area contributed by atoms with Crippen LogP contribution in [0.5, 0.6) is 5.75 Å². The summed E-state index contributed by atoms with van der Waals surface area (Å²) in [5.74, 6) is -0.321. The number of methoxy groups -OCH3 is 1. The maximum Gasteiger partial charge on any atom is 0.305 e. The highest BCUT2D eigenvalue weighted by atomic mass is 16.5. The Morgan fingerprint density at radius 3 is 3.07 bits per heavy atom. The number of aromatic nitrogens is 1. The molecule has 1 aromatic heterocycles. The van der Waals surface area contributed by atoms with Crippen molar-refractivity contribution in [2.24, 2.45) is 5.73 Å². The van der Waals surface area contributed by atoms with Crippen molar-refractivity contribution in [1.82, 2.24) is 4.98 Å². The Morgan fingerprint density at radius 2 is 2.50 bits per heavy atom. The lowest BCUT2D eigenvalue weighted by atomic mass is 10.1. The van der Waals surface area contributed by atoms with Crippen LogP contribution in [0.2, 0.25) is 0 Å². The van der Waals surface area contributed by atoms with Gasteiger partial charge in [0.05, 0.1) is 25.3 Å². The van der Waals surface area contributed by atoms with E-state index in [1.165, 1.54) is 13.3 Å². The van der Waals surface area contributed by atoms with Gasteiger partial charge in [0.15, 0.2) is 0 Å². The van der Waals surface area contributed by atoms with Gasteiger partial charge in [0.1, 0.15) is 5.75 Å². The van der Waals surface area contributed by atoms with Crippen molar-refractivity contribution < 1.29 is 14.6 Å². The quantitative estimate of drug-likeness (QED) is 0.735. The van der Waals surface area contributed by atoms with Gasteiger partial charge >= 0.3 is 5.97 Å². The third kappa shape index (κ3) is 2.70. The summed E-state index contributed by atoms with van der Waals surface area (Å²) in [6, 6.07) is 2.72. The molecule has 1 heterocycles. The molecular weight excluding hydrogens is 184 g/mol. The number of rotatable bonds is 4. The molecule has 0 radical (unpaired) electrons. The van der Waals surface area contributed by atoms with Crippen molar-refractivity contribution in [2.75, 3.05) is 7.11 Å². The smallest absolute Gasteiger partial charge is 0.305 e. The van der Waals surface area contributed by atoms with Crippen LogP contribution in [0.3, 0.4) is 0 Å². The molecule has 0 fully saturated rings. The van der Waals surface area contributed by atoms with Crippen molar-refractivity contribution in [1.29, 1.82) is 0 Å². The predicted molar refractivity (Wildman–Crippen MR) is 50.0 cm³/mol. The lowest BCUT2D eigenvalue weighted by molar-refractivity contribution is -0.137.